The van der Waals surface area contributed by atoms with E-state index >= 15 is 0 Å². The molecule has 0 radical (unpaired) electrons. The number of hydrogen-bond acceptors (Lipinski definition) is 5. The van der Waals surface area contributed by atoms with E-state index in [4.69, 9.17) is 4.74 Å². The van der Waals surface area contributed by atoms with E-state index in [1.165, 1.54) is 27.7 Å². The van der Waals surface area contributed by atoms with Crippen molar-refractivity contribution in [1.82, 2.24) is 0 Å². The number of esters is 1. The summed E-state index contributed by atoms with van der Waals surface area (Å²) < 4.78 is 66.7. The Balaban J connectivity index is 5.33. The van der Waals surface area contributed by atoms with Crippen molar-refractivity contribution in [3.8, 4) is 0 Å². The molecule has 0 aromatic heterocycles. The van der Waals surface area contributed by atoms with Gasteiger partial charge in [-0.25, -0.2) is 14.0 Å². The van der Waals surface area contributed by atoms with Gasteiger partial charge in [-0.15, -0.1) is 0 Å². The Morgan fingerprint density at radius 1 is 1.12 bits per heavy atom. The molecule has 0 aliphatic carbocycles. The maximum Gasteiger partial charge on any atom is 0.509 e. The van der Waals surface area contributed by atoms with Crippen LogP contribution in [0.4, 0.5) is 22.4 Å². The van der Waals surface area contributed by atoms with Crippen molar-refractivity contribution < 1.29 is 41.4 Å². The largest absolute Gasteiger partial charge is 0.509 e. The second-order valence-electron chi connectivity index (χ2n) is 6.39. The van der Waals surface area contributed by atoms with Gasteiger partial charge in [-0.05, 0) is 34.6 Å². The summed E-state index contributed by atoms with van der Waals surface area (Å²) in [6.45, 7) is 7.90. The second-order valence-corrected chi connectivity index (χ2v) is 6.39. The quantitative estimate of drug-likeness (QED) is 0.406. The van der Waals surface area contributed by atoms with Crippen LogP contribution in [0.2, 0.25) is 0 Å². The predicted octanol–water partition coefficient (Wildman–Crippen LogP) is 4.11. The zero-order valence-electron chi connectivity index (χ0n) is 14.3. The molecule has 0 aromatic carbocycles. The van der Waals surface area contributed by atoms with Gasteiger partial charge in [0.1, 0.15) is 18.4 Å². The number of alkyl halides is 4. The van der Waals surface area contributed by atoms with Gasteiger partial charge >= 0.3 is 18.3 Å². The summed E-state index contributed by atoms with van der Waals surface area (Å²) in [5, 5.41) is 0. The molecule has 9 heteroatoms. The molecule has 0 heterocycles. The molecule has 0 amide bonds. The molecule has 0 fully saturated rings. The van der Waals surface area contributed by atoms with Crippen molar-refractivity contribution in [2.24, 2.45) is 0 Å². The van der Waals surface area contributed by atoms with Crippen molar-refractivity contribution in [2.75, 3.05) is 6.67 Å². The maximum atomic E-state index is 13.3. The third-order valence-electron chi connectivity index (χ3n) is 2.67. The highest BCUT2D eigenvalue weighted by Gasteiger charge is 2.60. The molecule has 0 saturated heterocycles. The fourth-order valence-corrected chi connectivity index (χ4v) is 1.59. The molecule has 0 spiro atoms. The highest BCUT2D eigenvalue weighted by Crippen LogP contribution is 2.39. The van der Waals surface area contributed by atoms with Crippen molar-refractivity contribution in [2.45, 2.75) is 64.5 Å². The van der Waals surface area contributed by atoms with E-state index < -0.39 is 48.7 Å². The van der Waals surface area contributed by atoms with Gasteiger partial charge in [0.05, 0.1) is 0 Å². The van der Waals surface area contributed by atoms with Crippen molar-refractivity contribution >= 4 is 12.1 Å². The van der Waals surface area contributed by atoms with Gasteiger partial charge in [0.25, 0.3) is 0 Å². The van der Waals surface area contributed by atoms with Gasteiger partial charge in [0, 0.05) is 12.0 Å². The zero-order valence-corrected chi connectivity index (χ0v) is 14.3. The number of ether oxygens (including phenoxy) is 3. The Labute approximate surface area is 137 Å². The molecule has 0 aromatic rings. The summed E-state index contributed by atoms with van der Waals surface area (Å²) in [5.41, 5.74) is -4.64. The Bertz CT molecular complexity index is 481. The first kappa shape index (κ1) is 22.2. The number of rotatable bonds is 6. The summed E-state index contributed by atoms with van der Waals surface area (Å²) in [5.74, 6) is -0.935. The van der Waals surface area contributed by atoms with E-state index in [9.17, 15) is 27.2 Å². The lowest BCUT2D eigenvalue weighted by Gasteiger charge is -2.34. The summed E-state index contributed by atoms with van der Waals surface area (Å²) in [4.78, 5) is 22.9. The topological polar surface area (TPSA) is 61.8 Å². The monoisotopic (exact) mass is 358 g/mol. The Morgan fingerprint density at radius 3 is 1.96 bits per heavy atom. The smallest absolute Gasteiger partial charge is 0.459 e. The van der Waals surface area contributed by atoms with Crippen LogP contribution in [-0.4, -0.2) is 42.3 Å². The molecule has 0 N–H and O–H groups in total. The van der Waals surface area contributed by atoms with E-state index in [1.54, 1.807) is 0 Å². The summed E-state index contributed by atoms with van der Waals surface area (Å²) in [6, 6.07) is 0. The number of carbonyl (C=O) groups is 2. The van der Waals surface area contributed by atoms with Crippen LogP contribution in [0.25, 0.3) is 0 Å². The molecule has 5 nitrogen and oxygen atoms in total. The van der Waals surface area contributed by atoms with Crippen LogP contribution in [0.3, 0.4) is 0 Å². The van der Waals surface area contributed by atoms with Crippen molar-refractivity contribution in [3.05, 3.63) is 12.2 Å². The molecule has 2 atom stereocenters. The molecule has 140 valence electrons. The minimum Gasteiger partial charge on any atom is -0.459 e. The average molecular weight is 358 g/mol. The van der Waals surface area contributed by atoms with Gasteiger partial charge < -0.3 is 14.2 Å². The SMILES string of the molecule is C=C(C)C(=O)OC(C)CC(CF)(OC(=O)OC(C)(C)C)C(F)(F)F. The van der Waals surface area contributed by atoms with Crippen LogP contribution in [0.5, 0.6) is 0 Å². The highest BCUT2D eigenvalue weighted by atomic mass is 19.4. The van der Waals surface area contributed by atoms with Crippen LogP contribution < -0.4 is 0 Å². The lowest BCUT2D eigenvalue weighted by atomic mass is 9.97. The lowest BCUT2D eigenvalue weighted by molar-refractivity contribution is -0.277. The van der Waals surface area contributed by atoms with E-state index in [2.05, 4.69) is 16.1 Å². The average Bonchev–Trinajstić information content (AvgIpc) is 2.33. The molecule has 0 saturated carbocycles. The third-order valence-corrected chi connectivity index (χ3v) is 2.67. The van der Waals surface area contributed by atoms with Crippen LogP contribution in [0.1, 0.15) is 41.0 Å². The van der Waals surface area contributed by atoms with Gasteiger partial charge in [0.2, 0.25) is 5.60 Å². The molecule has 0 bridgehead atoms. The zero-order chi connectivity index (χ0) is 19.3. The van der Waals surface area contributed by atoms with Crippen molar-refractivity contribution in [1.29, 1.82) is 0 Å². The van der Waals surface area contributed by atoms with Gasteiger partial charge in [0.15, 0.2) is 0 Å². The minimum absolute atomic E-state index is 0.0345. The molecule has 2 unspecified atom stereocenters. The van der Waals surface area contributed by atoms with E-state index in [0.717, 1.165) is 6.92 Å². The molecule has 0 rings (SSSR count). The Hall–Kier alpha value is -1.80. The number of carbonyl (C=O) groups excluding carboxylic acids is 2. The van der Waals surface area contributed by atoms with E-state index in [0.29, 0.717) is 0 Å². The number of hydrogen-bond donors (Lipinski definition) is 0. The first-order valence-corrected chi connectivity index (χ1v) is 7.05. The van der Waals surface area contributed by atoms with Crippen LogP contribution >= 0.6 is 0 Å². The lowest BCUT2D eigenvalue weighted by Crippen LogP contribution is -2.53. The standard InChI is InChI=1S/C15H22F4O5/c1-9(2)11(20)22-10(3)7-14(8-16,15(17,18)19)24-12(21)23-13(4,5)6/h10H,1,7-8H2,2-6H3. The van der Waals surface area contributed by atoms with Crippen LogP contribution in [-0.2, 0) is 19.0 Å². The first-order chi connectivity index (χ1) is 10.6. The van der Waals surface area contributed by atoms with Crippen molar-refractivity contribution in [3.63, 3.8) is 0 Å². The molecular formula is C15H22F4O5. The number of halogens is 4. The van der Waals surface area contributed by atoms with E-state index in [-0.39, 0.29) is 5.57 Å². The Morgan fingerprint density at radius 2 is 1.62 bits per heavy atom. The molecular weight excluding hydrogens is 336 g/mol. The second kappa shape index (κ2) is 7.85. The third kappa shape index (κ3) is 6.76. The fourth-order valence-electron chi connectivity index (χ4n) is 1.59. The van der Waals surface area contributed by atoms with Gasteiger partial charge in [-0.2, -0.15) is 13.2 Å². The van der Waals surface area contributed by atoms with Crippen LogP contribution in [0, 0.1) is 0 Å². The van der Waals surface area contributed by atoms with E-state index in [1.807, 2.05) is 0 Å². The normalized spacial score (nSPS) is 15.9. The molecule has 0 aliphatic rings. The predicted molar refractivity (Wildman–Crippen MR) is 77.1 cm³/mol. The Kier molecular flexibility index (Phi) is 7.26. The molecule has 0 aliphatic heterocycles. The minimum atomic E-state index is -5.23. The van der Waals surface area contributed by atoms with Gasteiger partial charge in [-0.1, -0.05) is 6.58 Å². The fraction of sp³-hybridized carbons (Fsp3) is 0.733. The highest BCUT2D eigenvalue weighted by molar-refractivity contribution is 5.87. The summed E-state index contributed by atoms with van der Waals surface area (Å²) in [7, 11) is 0. The van der Waals surface area contributed by atoms with Crippen LogP contribution in [0.15, 0.2) is 12.2 Å². The van der Waals surface area contributed by atoms with Gasteiger partial charge in [-0.3, -0.25) is 0 Å². The molecule has 24 heavy (non-hydrogen) atoms. The summed E-state index contributed by atoms with van der Waals surface area (Å²) in [6.07, 6.45) is -9.40. The first-order valence-electron chi connectivity index (χ1n) is 7.05. The maximum absolute atomic E-state index is 13.3. The summed E-state index contributed by atoms with van der Waals surface area (Å²) >= 11 is 0.